The molecule has 0 aliphatic carbocycles. The average Bonchev–Trinajstić information content (AvgIpc) is 2.66. The zero-order valence-corrected chi connectivity index (χ0v) is 13.5. The van der Waals surface area contributed by atoms with Crippen molar-refractivity contribution in [3.63, 3.8) is 0 Å². The molecule has 0 spiro atoms. The Hall–Kier alpha value is -1.33. The lowest BCUT2D eigenvalue weighted by Crippen LogP contribution is -2.25. The fraction of sp³-hybridized carbons (Fsp3) is 0.400. The normalized spacial score (nSPS) is 14.2. The van der Waals surface area contributed by atoms with Gasteiger partial charge < -0.3 is 10.2 Å². The predicted octanol–water partition coefficient (Wildman–Crippen LogP) is 2.90. The Kier molecular flexibility index (Phi) is 4.20. The topological polar surface area (TPSA) is 58.3 Å². The van der Waals surface area contributed by atoms with E-state index in [9.17, 15) is 10.2 Å². The van der Waals surface area contributed by atoms with Crippen LogP contribution in [-0.2, 0) is 25.5 Å². The third kappa shape index (κ3) is 2.88. The molecular weight excluding hydrogens is 320 g/mol. The first-order valence-corrected chi connectivity index (χ1v) is 7.36. The van der Waals surface area contributed by atoms with Gasteiger partial charge in [-0.25, -0.2) is 0 Å². The highest BCUT2D eigenvalue weighted by Crippen LogP contribution is 2.31. The molecule has 2 aromatic rings. The molecule has 108 valence electrons. The Balaban J connectivity index is 2.32. The van der Waals surface area contributed by atoms with Gasteiger partial charge in [0, 0.05) is 13.5 Å². The fourth-order valence-electron chi connectivity index (χ4n) is 2.26. The molecular formula is C15H19BrN2O2. The van der Waals surface area contributed by atoms with Crippen LogP contribution >= 0.6 is 15.9 Å². The molecule has 0 fully saturated rings. The number of aliphatic hydroxyl groups is 1. The van der Waals surface area contributed by atoms with Crippen molar-refractivity contribution in [1.29, 1.82) is 0 Å². The van der Waals surface area contributed by atoms with Gasteiger partial charge in [0.25, 0.3) is 0 Å². The van der Waals surface area contributed by atoms with Gasteiger partial charge in [-0.2, -0.15) is 5.10 Å². The summed E-state index contributed by atoms with van der Waals surface area (Å²) in [6.07, 6.45) is 1.29. The Bertz CT molecular complexity index is 603. The maximum Gasteiger partial charge on any atom is 0.115 e. The maximum absolute atomic E-state index is 10.7. The van der Waals surface area contributed by atoms with Crippen LogP contribution in [0.25, 0.3) is 0 Å². The summed E-state index contributed by atoms with van der Waals surface area (Å²) in [7, 11) is 1.88. The van der Waals surface area contributed by atoms with E-state index in [-0.39, 0.29) is 5.75 Å². The van der Waals surface area contributed by atoms with E-state index in [1.165, 1.54) is 0 Å². The molecule has 0 saturated heterocycles. The van der Waals surface area contributed by atoms with E-state index < -0.39 is 5.60 Å². The van der Waals surface area contributed by atoms with Crippen molar-refractivity contribution in [1.82, 2.24) is 9.78 Å². The third-order valence-corrected chi connectivity index (χ3v) is 4.42. The molecule has 5 heteroatoms. The second-order valence-corrected chi connectivity index (χ2v) is 5.98. The molecule has 0 amide bonds. The quantitative estimate of drug-likeness (QED) is 0.901. The lowest BCUT2D eigenvalue weighted by Gasteiger charge is -2.24. The third-order valence-electron chi connectivity index (χ3n) is 3.50. The Morgan fingerprint density at radius 3 is 2.40 bits per heavy atom. The van der Waals surface area contributed by atoms with Crippen LogP contribution in [0.15, 0.2) is 28.7 Å². The first-order chi connectivity index (χ1) is 9.35. The van der Waals surface area contributed by atoms with E-state index in [1.54, 1.807) is 35.9 Å². The highest BCUT2D eigenvalue weighted by molar-refractivity contribution is 9.10. The molecule has 1 unspecified atom stereocenters. The fourth-order valence-corrected chi connectivity index (χ4v) is 3.02. The highest BCUT2D eigenvalue weighted by atomic mass is 79.9. The zero-order chi connectivity index (χ0) is 14.9. The second kappa shape index (κ2) is 5.58. The number of aromatic nitrogens is 2. The average molecular weight is 339 g/mol. The Morgan fingerprint density at radius 1 is 1.30 bits per heavy atom. The summed E-state index contributed by atoms with van der Waals surface area (Å²) >= 11 is 3.56. The summed E-state index contributed by atoms with van der Waals surface area (Å²) in [6, 6.07) is 6.64. The summed E-state index contributed by atoms with van der Waals surface area (Å²) in [6.45, 7) is 3.82. The summed E-state index contributed by atoms with van der Waals surface area (Å²) < 4.78 is 2.76. The van der Waals surface area contributed by atoms with Crippen molar-refractivity contribution in [3.05, 3.63) is 45.7 Å². The molecule has 1 heterocycles. The molecule has 1 aromatic carbocycles. The molecule has 0 bridgehead atoms. The van der Waals surface area contributed by atoms with E-state index in [2.05, 4.69) is 28.0 Å². The van der Waals surface area contributed by atoms with E-state index >= 15 is 0 Å². The van der Waals surface area contributed by atoms with Crippen molar-refractivity contribution < 1.29 is 10.2 Å². The van der Waals surface area contributed by atoms with Crippen LogP contribution in [0, 0.1) is 0 Å². The number of aromatic hydroxyl groups is 1. The smallest absolute Gasteiger partial charge is 0.115 e. The van der Waals surface area contributed by atoms with E-state index in [0.29, 0.717) is 6.42 Å². The minimum atomic E-state index is -1.02. The Labute approximate surface area is 127 Å². The van der Waals surface area contributed by atoms with Crippen LogP contribution in [0.1, 0.15) is 30.8 Å². The first-order valence-electron chi connectivity index (χ1n) is 6.57. The number of phenolic OH excluding ortho intramolecular Hbond substituents is 1. The van der Waals surface area contributed by atoms with Gasteiger partial charge in [0.15, 0.2) is 0 Å². The van der Waals surface area contributed by atoms with Gasteiger partial charge >= 0.3 is 0 Å². The van der Waals surface area contributed by atoms with Gasteiger partial charge in [0.2, 0.25) is 0 Å². The van der Waals surface area contributed by atoms with Crippen LogP contribution in [0.5, 0.6) is 5.75 Å². The number of nitrogens with zero attached hydrogens (tertiary/aromatic N) is 2. The number of halogens is 1. The van der Waals surface area contributed by atoms with Crippen molar-refractivity contribution in [2.45, 2.75) is 32.3 Å². The number of rotatable bonds is 4. The van der Waals surface area contributed by atoms with Crippen LogP contribution in [-0.4, -0.2) is 20.0 Å². The maximum atomic E-state index is 10.7. The van der Waals surface area contributed by atoms with Gasteiger partial charge in [0.05, 0.1) is 21.5 Å². The van der Waals surface area contributed by atoms with Gasteiger partial charge in [-0.15, -0.1) is 0 Å². The van der Waals surface area contributed by atoms with Gasteiger partial charge in [-0.05, 0) is 47.0 Å². The number of benzene rings is 1. The largest absolute Gasteiger partial charge is 0.508 e. The van der Waals surface area contributed by atoms with Crippen LogP contribution in [0.3, 0.4) is 0 Å². The molecule has 0 radical (unpaired) electrons. The van der Waals surface area contributed by atoms with E-state index in [4.69, 9.17) is 0 Å². The van der Waals surface area contributed by atoms with Crippen LogP contribution < -0.4 is 0 Å². The molecule has 4 nitrogen and oxygen atoms in total. The second-order valence-electron chi connectivity index (χ2n) is 5.18. The summed E-state index contributed by atoms with van der Waals surface area (Å²) in [5.41, 5.74) is 1.69. The summed E-state index contributed by atoms with van der Waals surface area (Å²) in [4.78, 5) is 0. The molecule has 0 aliphatic heterocycles. The first kappa shape index (κ1) is 15.1. The van der Waals surface area contributed by atoms with E-state index in [1.807, 2.05) is 7.05 Å². The zero-order valence-electron chi connectivity index (χ0n) is 11.9. The summed E-state index contributed by atoms with van der Waals surface area (Å²) in [5, 5.41) is 24.5. The predicted molar refractivity (Wildman–Crippen MR) is 81.7 cm³/mol. The number of phenols is 1. The minimum absolute atomic E-state index is 0.194. The Morgan fingerprint density at radius 2 is 1.90 bits per heavy atom. The van der Waals surface area contributed by atoms with Gasteiger partial charge in [-0.1, -0.05) is 19.1 Å². The number of hydrogen-bond acceptors (Lipinski definition) is 3. The minimum Gasteiger partial charge on any atom is -0.508 e. The van der Waals surface area contributed by atoms with Gasteiger partial charge in [-0.3, -0.25) is 4.68 Å². The number of aryl methyl sites for hydroxylation is 2. The van der Waals surface area contributed by atoms with Crippen molar-refractivity contribution in [2.24, 2.45) is 7.05 Å². The molecule has 2 N–H and O–H groups in total. The molecule has 2 rings (SSSR count). The molecule has 20 heavy (non-hydrogen) atoms. The molecule has 0 saturated carbocycles. The number of hydrogen-bond donors (Lipinski definition) is 2. The van der Waals surface area contributed by atoms with Crippen molar-refractivity contribution >= 4 is 15.9 Å². The molecule has 1 atom stereocenters. The lowest BCUT2D eigenvalue weighted by atomic mass is 9.91. The molecule has 0 aliphatic rings. The molecule has 1 aromatic heterocycles. The van der Waals surface area contributed by atoms with Crippen LogP contribution in [0.4, 0.5) is 0 Å². The van der Waals surface area contributed by atoms with Crippen LogP contribution in [0.2, 0.25) is 0 Å². The summed E-state index contributed by atoms with van der Waals surface area (Å²) in [5.74, 6) is 0.194. The van der Waals surface area contributed by atoms with Crippen molar-refractivity contribution in [3.8, 4) is 5.75 Å². The standard InChI is InChI=1S/C15H19BrN2O2/c1-4-12-14(16)13(18(3)17-12)9-15(2,20)10-5-7-11(19)8-6-10/h5-8,19-20H,4,9H2,1-3H3. The lowest BCUT2D eigenvalue weighted by molar-refractivity contribution is 0.0554. The highest BCUT2D eigenvalue weighted by Gasteiger charge is 2.27. The van der Waals surface area contributed by atoms with E-state index in [0.717, 1.165) is 27.8 Å². The van der Waals surface area contributed by atoms with Crippen molar-refractivity contribution in [2.75, 3.05) is 0 Å². The SMILES string of the molecule is CCc1nn(C)c(CC(C)(O)c2ccc(O)cc2)c1Br. The van der Waals surface area contributed by atoms with Gasteiger partial charge in [0.1, 0.15) is 5.75 Å². The monoisotopic (exact) mass is 338 g/mol.